The fraction of sp³-hybridized carbons (Fsp3) is 0.300. The van der Waals surface area contributed by atoms with E-state index in [4.69, 9.17) is 17.3 Å². The first kappa shape index (κ1) is 10.2. The second-order valence-electron chi connectivity index (χ2n) is 3.09. The molecular formula is C10H13ClN2. The molecule has 0 radical (unpaired) electrons. The molecule has 0 spiro atoms. The lowest BCUT2D eigenvalue weighted by Gasteiger charge is -1.99. The van der Waals surface area contributed by atoms with Crippen molar-refractivity contribution in [3.05, 3.63) is 34.6 Å². The van der Waals surface area contributed by atoms with Gasteiger partial charge in [-0.05, 0) is 31.0 Å². The van der Waals surface area contributed by atoms with E-state index in [1.165, 1.54) is 0 Å². The normalized spacial score (nSPS) is 13.5. The van der Waals surface area contributed by atoms with Crippen LogP contribution in [-0.4, -0.2) is 11.0 Å². The summed E-state index contributed by atoms with van der Waals surface area (Å²) in [6.07, 6.45) is 5.60. The van der Waals surface area contributed by atoms with Crippen molar-refractivity contribution in [3.8, 4) is 0 Å². The van der Waals surface area contributed by atoms with Crippen LogP contribution in [-0.2, 0) is 0 Å². The van der Waals surface area contributed by atoms with Gasteiger partial charge in [-0.15, -0.1) is 0 Å². The van der Waals surface area contributed by atoms with Crippen LogP contribution in [0.2, 0.25) is 5.15 Å². The highest BCUT2D eigenvalue weighted by molar-refractivity contribution is 6.30. The molecule has 0 bridgehead atoms. The van der Waals surface area contributed by atoms with Crippen LogP contribution in [0, 0.1) is 6.92 Å². The fourth-order valence-corrected chi connectivity index (χ4v) is 1.04. The molecule has 1 unspecified atom stereocenters. The average Bonchev–Trinajstić information content (AvgIpc) is 2.07. The van der Waals surface area contributed by atoms with Gasteiger partial charge in [-0.2, -0.15) is 0 Å². The van der Waals surface area contributed by atoms with Crippen molar-refractivity contribution in [2.45, 2.75) is 19.9 Å². The summed E-state index contributed by atoms with van der Waals surface area (Å²) < 4.78 is 0. The van der Waals surface area contributed by atoms with Crippen LogP contribution in [0.1, 0.15) is 18.1 Å². The molecule has 1 aromatic heterocycles. The van der Waals surface area contributed by atoms with E-state index < -0.39 is 0 Å². The molecule has 13 heavy (non-hydrogen) atoms. The van der Waals surface area contributed by atoms with Crippen molar-refractivity contribution in [1.82, 2.24) is 4.98 Å². The van der Waals surface area contributed by atoms with Crippen molar-refractivity contribution in [2.75, 3.05) is 0 Å². The van der Waals surface area contributed by atoms with Crippen molar-refractivity contribution in [2.24, 2.45) is 5.73 Å². The first-order valence-electron chi connectivity index (χ1n) is 4.15. The number of pyridine rings is 1. The predicted molar refractivity (Wildman–Crippen MR) is 56.7 cm³/mol. The first-order chi connectivity index (χ1) is 6.09. The predicted octanol–water partition coefficient (Wildman–Crippen LogP) is 2.40. The Morgan fingerprint density at radius 2 is 2.31 bits per heavy atom. The summed E-state index contributed by atoms with van der Waals surface area (Å²) in [4.78, 5) is 4.03. The van der Waals surface area contributed by atoms with Crippen LogP contribution in [0.25, 0.3) is 6.08 Å². The SMILES string of the molecule is Cc1cc(/C=C/C(C)N)cnc1Cl. The monoisotopic (exact) mass is 196 g/mol. The molecule has 1 rings (SSSR count). The Hall–Kier alpha value is -0.860. The van der Waals surface area contributed by atoms with Gasteiger partial charge in [0.15, 0.2) is 0 Å². The van der Waals surface area contributed by atoms with E-state index in [1.54, 1.807) is 6.20 Å². The van der Waals surface area contributed by atoms with E-state index in [0.29, 0.717) is 5.15 Å². The van der Waals surface area contributed by atoms with Crippen LogP contribution in [0.5, 0.6) is 0 Å². The van der Waals surface area contributed by atoms with Gasteiger partial charge in [-0.1, -0.05) is 23.8 Å². The van der Waals surface area contributed by atoms with Gasteiger partial charge in [-0.3, -0.25) is 0 Å². The van der Waals surface area contributed by atoms with Gasteiger partial charge < -0.3 is 5.73 Å². The quantitative estimate of drug-likeness (QED) is 0.738. The highest BCUT2D eigenvalue weighted by atomic mass is 35.5. The minimum atomic E-state index is 0.0657. The summed E-state index contributed by atoms with van der Waals surface area (Å²) in [5.41, 5.74) is 7.58. The number of nitrogens with two attached hydrogens (primary N) is 1. The fourth-order valence-electron chi connectivity index (χ4n) is 0.934. The molecular weight excluding hydrogens is 184 g/mol. The molecule has 0 aliphatic carbocycles. The number of halogens is 1. The number of nitrogens with zero attached hydrogens (tertiary/aromatic N) is 1. The number of rotatable bonds is 2. The lowest BCUT2D eigenvalue weighted by Crippen LogP contribution is -2.09. The molecule has 2 N–H and O–H groups in total. The van der Waals surface area contributed by atoms with Crippen LogP contribution < -0.4 is 5.73 Å². The van der Waals surface area contributed by atoms with Crippen LogP contribution >= 0.6 is 11.6 Å². The summed E-state index contributed by atoms with van der Waals surface area (Å²) in [5.74, 6) is 0. The highest BCUT2D eigenvalue weighted by Gasteiger charge is 1.95. The zero-order valence-electron chi connectivity index (χ0n) is 7.79. The second kappa shape index (κ2) is 4.40. The van der Waals surface area contributed by atoms with E-state index in [1.807, 2.05) is 32.1 Å². The van der Waals surface area contributed by atoms with Gasteiger partial charge in [0.05, 0.1) is 0 Å². The van der Waals surface area contributed by atoms with E-state index in [2.05, 4.69) is 4.98 Å². The molecule has 0 fully saturated rings. The highest BCUT2D eigenvalue weighted by Crippen LogP contribution is 2.13. The van der Waals surface area contributed by atoms with Crippen molar-refractivity contribution < 1.29 is 0 Å². The zero-order chi connectivity index (χ0) is 9.84. The van der Waals surface area contributed by atoms with Crippen LogP contribution in [0.4, 0.5) is 0 Å². The maximum atomic E-state index is 5.78. The molecule has 0 saturated carbocycles. The summed E-state index contributed by atoms with van der Waals surface area (Å²) in [6, 6.07) is 2.05. The topological polar surface area (TPSA) is 38.9 Å². The van der Waals surface area contributed by atoms with Gasteiger partial charge >= 0.3 is 0 Å². The average molecular weight is 197 g/mol. The largest absolute Gasteiger partial charge is 0.325 e. The van der Waals surface area contributed by atoms with Crippen molar-refractivity contribution in [1.29, 1.82) is 0 Å². The zero-order valence-corrected chi connectivity index (χ0v) is 8.55. The van der Waals surface area contributed by atoms with Crippen LogP contribution in [0.15, 0.2) is 18.3 Å². The lowest BCUT2D eigenvalue weighted by molar-refractivity contribution is 0.930. The molecule has 70 valence electrons. The number of hydrogen-bond acceptors (Lipinski definition) is 2. The summed E-state index contributed by atoms with van der Waals surface area (Å²) in [5, 5.41) is 0.554. The smallest absolute Gasteiger partial charge is 0.131 e. The second-order valence-corrected chi connectivity index (χ2v) is 3.45. The maximum Gasteiger partial charge on any atom is 0.131 e. The van der Waals surface area contributed by atoms with E-state index in [-0.39, 0.29) is 6.04 Å². The Kier molecular flexibility index (Phi) is 3.46. The lowest BCUT2D eigenvalue weighted by atomic mass is 10.2. The minimum Gasteiger partial charge on any atom is -0.325 e. The van der Waals surface area contributed by atoms with Gasteiger partial charge in [0.2, 0.25) is 0 Å². The Bertz CT molecular complexity index is 319. The molecule has 1 aromatic rings. The third-order valence-corrected chi connectivity index (χ3v) is 2.02. The number of hydrogen-bond donors (Lipinski definition) is 1. The minimum absolute atomic E-state index is 0.0657. The van der Waals surface area contributed by atoms with Gasteiger partial charge in [0.1, 0.15) is 5.15 Å². The molecule has 1 atom stereocenters. The van der Waals surface area contributed by atoms with Crippen LogP contribution in [0.3, 0.4) is 0 Å². The first-order valence-corrected chi connectivity index (χ1v) is 4.53. The molecule has 3 heteroatoms. The maximum absolute atomic E-state index is 5.78. The third kappa shape index (κ3) is 3.17. The molecule has 1 heterocycles. The summed E-state index contributed by atoms with van der Waals surface area (Å²) >= 11 is 5.78. The molecule has 0 amide bonds. The molecule has 0 aliphatic heterocycles. The Labute approximate surface area is 83.4 Å². The number of aryl methyl sites for hydroxylation is 1. The van der Waals surface area contributed by atoms with E-state index in [9.17, 15) is 0 Å². The molecule has 0 saturated heterocycles. The van der Waals surface area contributed by atoms with Gasteiger partial charge in [0, 0.05) is 12.2 Å². The Morgan fingerprint density at radius 1 is 1.62 bits per heavy atom. The molecule has 2 nitrogen and oxygen atoms in total. The molecule has 0 aromatic carbocycles. The standard InChI is InChI=1S/C10H13ClN2/c1-7-5-9(4-3-8(2)12)6-13-10(7)11/h3-6,8H,12H2,1-2H3/b4-3+. The van der Waals surface area contributed by atoms with Gasteiger partial charge in [0.25, 0.3) is 0 Å². The van der Waals surface area contributed by atoms with Crippen molar-refractivity contribution in [3.63, 3.8) is 0 Å². The van der Waals surface area contributed by atoms with E-state index >= 15 is 0 Å². The Morgan fingerprint density at radius 3 is 2.85 bits per heavy atom. The van der Waals surface area contributed by atoms with Crippen molar-refractivity contribution >= 4 is 17.7 Å². The summed E-state index contributed by atoms with van der Waals surface area (Å²) in [7, 11) is 0. The molecule has 0 aliphatic rings. The third-order valence-electron chi connectivity index (χ3n) is 1.63. The number of aromatic nitrogens is 1. The Balaban J connectivity index is 2.85. The van der Waals surface area contributed by atoms with Gasteiger partial charge in [-0.25, -0.2) is 4.98 Å². The van der Waals surface area contributed by atoms with E-state index in [0.717, 1.165) is 11.1 Å². The summed E-state index contributed by atoms with van der Waals surface area (Å²) in [6.45, 7) is 3.85.